The van der Waals surface area contributed by atoms with Crippen LogP contribution in [0, 0.1) is 5.92 Å². The lowest BCUT2D eigenvalue weighted by Gasteiger charge is -2.41. The lowest BCUT2D eigenvalue weighted by atomic mass is 10.0. The topological polar surface area (TPSA) is 69.6 Å². The summed E-state index contributed by atoms with van der Waals surface area (Å²) in [5.41, 5.74) is 0. The molecule has 1 aromatic heterocycles. The van der Waals surface area contributed by atoms with E-state index in [0.717, 1.165) is 25.2 Å². The van der Waals surface area contributed by atoms with Crippen molar-refractivity contribution in [2.45, 2.75) is 57.7 Å². The van der Waals surface area contributed by atoms with E-state index in [1.807, 2.05) is 18.7 Å². The second kappa shape index (κ2) is 10.7. The summed E-state index contributed by atoms with van der Waals surface area (Å²) in [6, 6.07) is 1.89. The van der Waals surface area contributed by atoms with Crippen molar-refractivity contribution in [1.29, 1.82) is 0 Å². The molecule has 9 heteroatoms. The van der Waals surface area contributed by atoms with Crippen molar-refractivity contribution in [2.24, 2.45) is 5.92 Å². The van der Waals surface area contributed by atoms with Gasteiger partial charge in [0.05, 0.1) is 5.75 Å². The molecule has 0 bridgehead atoms. The van der Waals surface area contributed by atoms with Crippen LogP contribution in [0.25, 0.3) is 0 Å². The SMILES string of the molecule is CCN(CC)C(=O)CSc1nc(Cl)cc(N2CCN(C(=O)C3CCCC3)C(C)C2)n1. The van der Waals surface area contributed by atoms with E-state index in [9.17, 15) is 9.59 Å². The molecule has 2 aliphatic rings. The Balaban J connectivity index is 1.62. The van der Waals surface area contributed by atoms with Gasteiger partial charge in [-0.2, -0.15) is 0 Å². The van der Waals surface area contributed by atoms with E-state index in [1.54, 1.807) is 11.0 Å². The Morgan fingerprint density at radius 1 is 1.20 bits per heavy atom. The van der Waals surface area contributed by atoms with Crippen molar-refractivity contribution in [1.82, 2.24) is 19.8 Å². The monoisotopic (exact) mass is 453 g/mol. The van der Waals surface area contributed by atoms with Crippen LogP contribution in [0.3, 0.4) is 0 Å². The van der Waals surface area contributed by atoms with Crippen molar-refractivity contribution < 1.29 is 9.59 Å². The van der Waals surface area contributed by atoms with E-state index in [-0.39, 0.29) is 17.9 Å². The molecule has 30 heavy (non-hydrogen) atoms. The number of amides is 2. The number of aromatic nitrogens is 2. The molecular weight excluding hydrogens is 422 g/mol. The summed E-state index contributed by atoms with van der Waals surface area (Å²) in [4.78, 5) is 40.0. The van der Waals surface area contributed by atoms with Crippen molar-refractivity contribution in [3.05, 3.63) is 11.2 Å². The molecular formula is C21H32ClN5O2S. The van der Waals surface area contributed by atoms with Crippen LogP contribution >= 0.6 is 23.4 Å². The maximum absolute atomic E-state index is 12.8. The van der Waals surface area contributed by atoms with Gasteiger partial charge in [-0.05, 0) is 33.6 Å². The summed E-state index contributed by atoms with van der Waals surface area (Å²) in [6.45, 7) is 9.56. The maximum atomic E-state index is 12.8. The number of piperazine rings is 1. The van der Waals surface area contributed by atoms with Crippen LogP contribution in [0.2, 0.25) is 5.15 Å². The van der Waals surface area contributed by atoms with Gasteiger partial charge in [0.15, 0.2) is 5.16 Å². The highest BCUT2D eigenvalue weighted by molar-refractivity contribution is 7.99. The number of carbonyl (C=O) groups is 2. The number of anilines is 1. The van der Waals surface area contributed by atoms with E-state index >= 15 is 0 Å². The minimum absolute atomic E-state index is 0.0720. The third kappa shape index (κ3) is 5.58. The third-order valence-electron chi connectivity index (χ3n) is 6.04. The van der Waals surface area contributed by atoms with Crippen molar-refractivity contribution in [3.63, 3.8) is 0 Å². The molecule has 1 aliphatic carbocycles. The quantitative estimate of drug-likeness (QED) is 0.358. The molecule has 3 rings (SSSR count). The van der Waals surface area contributed by atoms with Crippen LogP contribution < -0.4 is 4.90 Å². The number of hydrogen-bond acceptors (Lipinski definition) is 6. The Kier molecular flexibility index (Phi) is 8.22. The largest absolute Gasteiger partial charge is 0.353 e. The molecule has 1 saturated carbocycles. The lowest BCUT2D eigenvalue weighted by molar-refractivity contribution is -0.137. The molecule has 7 nitrogen and oxygen atoms in total. The fourth-order valence-corrected chi connectivity index (χ4v) is 5.29. The zero-order valence-electron chi connectivity index (χ0n) is 18.1. The van der Waals surface area contributed by atoms with Crippen LogP contribution in [0.5, 0.6) is 0 Å². The number of thioether (sulfide) groups is 1. The Labute approximate surface area is 188 Å². The van der Waals surface area contributed by atoms with Gasteiger partial charge in [0.1, 0.15) is 11.0 Å². The zero-order valence-corrected chi connectivity index (χ0v) is 19.7. The molecule has 2 heterocycles. The molecule has 0 radical (unpaired) electrons. The fourth-order valence-electron chi connectivity index (χ4n) is 4.31. The number of nitrogens with zero attached hydrogens (tertiary/aromatic N) is 5. The van der Waals surface area contributed by atoms with Gasteiger partial charge in [-0.25, -0.2) is 9.97 Å². The number of carbonyl (C=O) groups excluding carboxylic acids is 2. The molecule has 1 atom stereocenters. The summed E-state index contributed by atoms with van der Waals surface area (Å²) in [6.07, 6.45) is 4.39. The molecule has 2 fully saturated rings. The Morgan fingerprint density at radius 2 is 1.90 bits per heavy atom. The average molecular weight is 454 g/mol. The highest BCUT2D eigenvalue weighted by Gasteiger charge is 2.33. The van der Waals surface area contributed by atoms with Gasteiger partial charge in [-0.15, -0.1) is 0 Å². The van der Waals surface area contributed by atoms with Gasteiger partial charge in [0.2, 0.25) is 11.8 Å². The van der Waals surface area contributed by atoms with Crippen LogP contribution in [-0.4, -0.2) is 76.1 Å². The fraction of sp³-hybridized carbons (Fsp3) is 0.714. The molecule has 1 aliphatic heterocycles. The molecule has 166 valence electrons. The number of rotatable bonds is 7. The summed E-state index contributed by atoms with van der Waals surface area (Å²) >= 11 is 7.57. The second-order valence-electron chi connectivity index (χ2n) is 7.99. The predicted molar refractivity (Wildman–Crippen MR) is 121 cm³/mol. The Morgan fingerprint density at radius 3 is 2.53 bits per heavy atom. The number of halogens is 1. The first-order valence-electron chi connectivity index (χ1n) is 10.9. The van der Waals surface area contributed by atoms with Crippen LogP contribution in [0.15, 0.2) is 11.2 Å². The van der Waals surface area contributed by atoms with Gasteiger partial charge in [-0.3, -0.25) is 9.59 Å². The van der Waals surface area contributed by atoms with Crippen molar-refractivity contribution in [3.8, 4) is 0 Å². The molecule has 2 amide bonds. The molecule has 0 spiro atoms. The predicted octanol–water partition coefficient (Wildman–Crippen LogP) is 3.32. The average Bonchev–Trinajstić information content (AvgIpc) is 3.27. The highest BCUT2D eigenvalue weighted by atomic mass is 35.5. The van der Waals surface area contributed by atoms with Crippen molar-refractivity contribution >= 4 is 41.0 Å². The molecule has 1 aromatic rings. The number of hydrogen-bond donors (Lipinski definition) is 0. The smallest absolute Gasteiger partial charge is 0.233 e. The third-order valence-corrected chi connectivity index (χ3v) is 7.07. The first-order chi connectivity index (χ1) is 14.4. The van der Waals surface area contributed by atoms with E-state index in [1.165, 1.54) is 24.6 Å². The van der Waals surface area contributed by atoms with Gasteiger partial charge in [0, 0.05) is 50.7 Å². The summed E-state index contributed by atoms with van der Waals surface area (Å²) in [5, 5.41) is 0.880. The Bertz CT molecular complexity index is 755. The molecule has 1 unspecified atom stereocenters. The van der Waals surface area contributed by atoms with Gasteiger partial charge in [0.25, 0.3) is 0 Å². The first-order valence-corrected chi connectivity index (χ1v) is 12.3. The lowest BCUT2D eigenvalue weighted by Crippen LogP contribution is -2.55. The minimum Gasteiger partial charge on any atom is -0.353 e. The van der Waals surface area contributed by atoms with E-state index < -0.39 is 0 Å². The van der Waals surface area contributed by atoms with E-state index in [0.29, 0.717) is 48.1 Å². The van der Waals surface area contributed by atoms with Crippen LogP contribution in [0.4, 0.5) is 5.82 Å². The molecule has 1 saturated heterocycles. The molecule has 0 N–H and O–H groups in total. The summed E-state index contributed by atoms with van der Waals surface area (Å²) in [5.74, 6) is 1.64. The standard InChI is InChI=1S/C21H32ClN5O2S/c1-4-25(5-2)19(28)14-30-21-23-17(22)12-18(24-21)26-10-11-27(15(3)13-26)20(29)16-8-6-7-9-16/h12,15-16H,4-11,13-14H2,1-3H3. The van der Waals surface area contributed by atoms with Gasteiger partial charge >= 0.3 is 0 Å². The van der Waals surface area contributed by atoms with Gasteiger partial charge in [-0.1, -0.05) is 36.2 Å². The van der Waals surface area contributed by atoms with Crippen molar-refractivity contribution in [2.75, 3.05) is 43.4 Å². The van der Waals surface area contributed by atoms with Crippen LogP contribution in [-0.2, 0) is 9.59 Å². The summed E-state index contributed by atoms with van der Waals surface area (Å²) < 4.78 is 0. The van der Waals surface area contributed by atoms with E-state index in [4.69, 9.17) is 11.6 Å². The Hall–Kier alpha value is -1.54. The first kappa shape index (κ1) is 23.1. The minimum atomic E-state index is 0.0720. The normalized spacial score (nSPS) is 19.9. The zero-order chi connectivity index (χ0) is 21.7. The summed E-state index contributed by atoms with van der Waals surface area (Å²) in [7, 11) is 0. The maximum Gasteiger partial charge on any atom is 0.233 e. The van der Waals surface area contributed by atoms with E-state index in [2.05, 4.69) is 21.8 Å². The molecule has 0 aromatic carbocycles. The van der Waals surface area contributed by atoms with Gasteiger partial charge < -0.3 is 14.7 Å². The van der Waals surface area contributed by atoms with Crippen LogP contribution in [0.1, 0.15) is 46.5 Å². The second-order valence-corrected chi connectivity index (χ2v) is 9.32. The highest BCUT2D eigenvalue weighted by Crippen LogP contribution is 2.29.